The molecule has 0 unspecified atom stereocenters. The standard InChI is InChI=1S/C10H10ClNO3/c11-10-5-4-9(12(14)15)7-8(10)3-1-2-6-13/h1,3-5,7,13H,2,6H2. The molecule has 0 saturated heterocycles. The van der Waals surface area contributed by atoms with Crippen molar-refractivity contribution in [1.29, 1.82) is 0 Å². The van der Waals surface area contributed by atoms with Crippen LogP contribution in [-0.2, 0) is 0 Å². The van der Waals surface area contributed by atoms with Gasteiger partial charge in [0.1, 0.15) is 0 Å². The van der Waals surface area contributed by atoms with E-state index in [0.717, 1.165) is 0 Å². The molecule has 0 bridgehead atoms. The summed E-state index contributed by atoms with van der Waals surface area (Å²) in [5.74, 6) is 0. The molecule has 1 rings (SSSR count). The predicted octanol–water partition coefficient (Wildman–Crippen LogP) is 2.64. The van der Waals surface area contributed by atoms with Crippen molar-refractivity contribution in [3.8, 4) is 0 Å². The molecule has 15 heavy (non-hydrogen) atoms. The Bertz CT molecular complexity index is 390. The number of aliphatic hydroxyl groups is 1. The second-order valence-electron chi connectivity index (χ2n) is 2.88. The van der Waals surface area contributed by atoms with Crippen LogP contribution in [0.3, 0.4) is 0 Å². The highest BCUT2D eigenvalue weighted by molar-refractivity contribution is 6.32. The number of nitrogens with zero attached hydrogens (tertiary/aromatic N) is 1. The minimum Gasteiger partial charge on any atom is -0.396 e. The summed E-state index contributed by atoms with van der Waals surface area (Å²) in [6.07, 6.45) is 3.87. The largest absolute Gasteiger partial charge is 0.396 e. The number of benzene rings is 1. The van der Waals surface area contributed by atoms with Crippen molar-refractivity contribution in [2.75, 3.05) is 6.61 Å². The van der Waals surface area contributed by atoms with Gasteiger partial charge in [0.25, 0.3) is 5.69 Å². The number of nitro benzene ring substituents is 1. The minimum absolute atomic E-state index is 0.00282. The van der Waals surface area contributed by atoms with Gasteiger partial charge < -0.3 is 5.11 Å². The van der Waals surface area contributed by atoms with Gasteiger partial charge in [-0.05, 0) is 18.1 Å². The number of rotatable bonds is 4. The molecule has 1 N–H and O–H groups in total. The van der Waals surface area contributed by atoms with E-state index in [0.29, 0.717) is 17.0 Å². The number of hydrogen-bond acceptors (Lipinski definition) is 3. The van der Waals surface area contributed by atoms with Gasteiger partial charge in [0, 0.05) is 23.8 Å². The fraction of sp³-hybridized carbons (Fsp3) is 0.200. The van der Waals surface area contributed by atoms with Crippen molar-refractivity contribution in [2.24, 2.45) is 0 Å². The van der Waals surface area contributed by atoms with Crippen LogP contribution in [0.2, 0.25) is 5.02 Å². The summed E-state index contributed by atoms with van der Waals surface area (Å²) in [6, 6.07) is 4.24. The first-order valence-corrected chi connectivity index (χ1v) is 4.74. The van der Waals surface area contributed by atoms with E-state index in [2.05, 4.69) is 0 Å². The summed E-state index contributed by atoms with van der Waals surface area (Å²) >= 11 is 5.84. The fourth-order valence-corrected chi connectivity index (χ4v) is 1.24. The molecular formula is C10H10ClNO3. The van der Waals surface area contributed by atoms with Crippen LogP contribution in [0.4, 0.5) is 5.69 Å². The molecule has 0 aliphatic rings. The van der Waals surface area contributed by atoms with Crippen LogP contribution in [0, 0.1) is 10.1 Å². The van der Waals surface area contributed by atoms with Gasteiger partial charge in [-0.25, -0.2) is 0 Å². The average molecular weight is 228 g/mol. The number of aliphatic hydroxyl groups excluding tert-OH is 1. The maximum atomic E-state index is 10.5. The highest BCUT2D eigenvalue weighted by Crippen LogP contribution is 2.23. The average Bonchev–Trinajstić information content (AvgIpc) is 2.20. The molecule has 0 heterocycles. The molecule has 0 amide bonds. The molecule has 1 aromatic carbocycles. The topological polar surface area (TPSA) is 63.4 Å². The Morgan fingerprint density at radius 3 is 2.87 bits per heavy atom. The van der Waals surface area contributed by atoms with Gasteiger partial charge in [0.15, 0.2) is 0 Å². The van der Waals surface area contributed by atoms with Crippen LogP contribution in [-0.4, -0.2) is 16.6 Å². The summed E-state index contributed by atoms with van der Waals surface area (Å²) < 4.78 is 0. The first kappa shape index (κ1) is 11.7. The first-order valence-electron chi connectivity index (χ1n) is 4.36. The molecule has 0 aromatic heterocycles. The Labute approximate surface area is 92.0 Å². The number of non-ortho nitro benzene ring substituents is 1. The maximum absolute atomic E-state index is 10.5. The molecule has 1 aromatic rings. The quantitative estimate of drug-likeness (QED) is 0.635. The van der Waals surface area contributed by atoms with E-state index in [9.17, 15) is 10.1 Å². The number of halogens is 1. The summed E-state index contributed by atoms with van der Waals surface area (Å²) in [4.78, 5) is 10.0. The second-order valence-corrected chi connectivity index (χ2v) is 3.28. The lowest BCUT2D eigenvalue weighted by molar-refractivity contribution is -0.384. The highest BCUT2D eigenvalue weighted by atomic mass is 35.5. The lowest BCUT2D eigenvalue weighted by Gasteiger charge is -1.97. The molecule has 5 heteroatoms. The van der Waals surface area contributed by atoms with E-state index < -0.39 is 4.92 Å². The molecule has 4 nitrogen and oxygen atoms in total. The van der Waals surface area contributed by atoms with Crippen LogP contribution in [0.1, 0.15) is 12.0 Å². The van der Waals surface area contributed by atoms with Crippen molar-refractivity contribution in [3.63, 3.8) is 0 Å². The van der Waals surface area contributed by atoms with E-state index in [1.807, 2.05) is 0 Å². The number of nitro groups is 1. The second kappa shape index (κ2) is 5.48. The maximum Gasteiger partial charge on any atom is 0.270 e. The van der Waals surface area contributed by atoms with Gasteiger partial charge in [0.05, 0.1) is 4.92 Å². The molecule has 0 saturated carbocycles. The SMILES string of the molecule is O=[N+]([O-])c1ccc(Cl)c(C=CCCO)c1. The number of hydrogen-bond donors (Lipinski definition) is 1. The minimum atomic E-state index is -0.473. The smallest absolute Gasteiger partial charge is 0.270 e. The van der Waals surface area contributed by atoms with E-state index in [1.54, 1.807) is 12.2 Å². The van der Waals surface area contributed by atoms with Crippen molar-refractivity contribution in [1.82, 2.24) is 0 Å². The van der Waals surface area contributed by atoms with Gasteiger partial charge in [-0.2, -0.15) is 0 Å². The van der Waals surface area contributed by atoms with Gasteiger partial charge in [-0.1, -0.05) is 23.8 Å². The monoisotopic (exact) mass is 227 g/mol. The molecular weight excluding hydrogens is 218 g/mol. The third-order valence-electron chi connectivity index (χ3n) is 1.78. The molecule has 0 aliphatic carbocycles. The summed E-state index contributed by atoms with van der Waals surface area (Å²) in [5, 5.41) is 19.5. The van der Waals surface area contributed by atoms with Crippen LogP contribution < -0.4 is 0 Å². The van der Waals surface area contributed by atoms with Gasteiger partial charge in [0.2, 0.25) is 0 Å². The van der Waals surface area contributed by atoms with Crippen LogP contribution in [0.25, 0.3) is 6.08 Å². The zero-order chi connectivity index (χ0) is 11.3. The zero-order valence-corrected chi connectivity index (χ0v) is 8.65. The zero-order valence-electron chi connectivity index (χ0n) is 7.89. The van der Waals surface area contributed by atoms with Crippen molar-refractivity contribution in [2.45, 2.75) is 6.42 Å². The Hall–Kier alpha value is -1.39. The predicted molar refractivity (Wildman–Crippen MR) is 58.8 cm³/mol. The van der Waals surface area contributed by atoms with E-state index in [4.69, 9.17) is 16.7 Å². The van der Waals surface area contributed by atoms with Gasteiger partial charge in [-0.15, -0.1) is 0 Å². The van der Waals surface area contributed by atoms with E-state index >= 15 is 0 Å². The van der Waals surface area contributed by atoms with Crippen molar-refractivity contribution in [3.05, 3.63) is 45.0 Å². The lowest BCUT2D eigenvalue weighted by Crippen LogP contribution is -1.88. The fourth-order valence-electron chi connectivity index (χ4n) is 1.06. The van der Waals surface area contributed by atoms with E-state index in [-0.39, 0.29) is 12.3 Å². The van der Waals surface area contributed by atoms with E-state index in [1.165, 1.54) is 18.2 Å². The first-order chi connectivity index (χ1) is 7.15. The van der Waals surface area contributed by atoms with Crippen molar-refractivity contribution < 1.29 is 10.0 Å². The van der Waals surface area contributed by atoms with Crippen LogP contribution in [0.15, 0.2) is 24.3 Å². The summed E-state index contributed by atoms with van der Waals surface area (Å²) in [7, 11) is 0. The molecule has 0 atom stereocenters. The molecule has 80 valence electrons. The van der Waals surface area contributed by atoms with Crippen molar-refractivity contribution >= 4 is 23.4 Å². The molecule has 0 fully saturated rings. The Morgan fingerprint density at radius 2 is 2.27 bits per heavy atom. The van der Waals surface area contributed by atoms with Gasteiger partial charge in [-0.3, -0.25) is 10.1 Å². The summed E-state index contributed by atoms with van der Waals surface area (Å²) in [6.45, 7) is 0.0447. The molecule has 0 radical (unpaired) electrons. The van der Waals surface area contributed by atoms with Crippen LogP contribution in [0.5, 0.6) is 0 Å². The Morgan fingerprint density at radius 1 is 1.53 bits per heavy atom. The Balaban J connectivity index is 2.95. The molecule has 0 aliphatic heterocycles. The lowest BCUT2D eigenvalue weighted by atomic mass is 10.2. The van der Waals surface area contributed by atoms with Gasteiger partial charge >= 0.3 is 0 Å². The Kier molecular flexibility index (Phi) is 4.27. The molecule has 0 spiro atoms. The third-order valence-corrected chi connectivity index (χ3v) is 2.13. The third kappa shape index (κ3) is 3.34. The van der Waals surface area contributed by atoms with Crippen LogP contribution >= 0.6 is 11.6 Å². The summed E-state index contributed by atoms with van der Waals surface area (Å²) in [5.41, 5.74) is 0.586. The highest BCUT2D eigenvalue weighted by Gasteiger charge is 2.07. The normalized spacial score (nSPS) is 10.8.